The molecule has 1 atom stereocenters. The van der Waals surface area contributed by atoms with Crippen molar-refractivity contribution >= 4 is 16.6 Å². The molecule has 7 heteroatoms. The van der Waals surface area contributed by atoms with Crippen LogP contribution in [0.1, 0.15) is 28.4 Å². The van der Waals surface area contributed by atoms with E-state index in [0.717, 1.165) is 50.8 Å². The van der Waals surface area contributed by atoms with E-state index in [1.165, 1.54) is 11.6 Å². The Kier molecular flexibility index (Phi) is 5.12. The van der Waals surface area contributed by atoms with Crippen molar-refractivity contribution in [3.05, 3.63) is 110 Å². The maximum absolute atomic E-state index is 13.8. The van der Waals surface area contributed by atoms with Crippen LogP contribution >= 0.6 is 0 Å². The van der Waals surface area contributed by atoms with Gasteiger partial charge in [-0.15, -0.1) is 0 Å². The van der Waals surface area contributed by atoms with Crippen LogP contribution in [0.3, 0.4) is 0 Å². The molecule has 0 spiro atoms. The fraction of sp³-hybridized carbons (Fsp3) is 0.200. The van der Waals surface area contributed by atoms with Gasteiger partial charge < -0.3 is 14.6 Å². The van der Waals surface area contributed by atoms with Crippen molar-refractivity contribution in [3.63, 3.8) is 0 Å². The molecule has 7 nitrogen and oxygen atoms in total. The Morgan fingerprint density at radius 3 is 2.27 bits per heavy atom. The van der Waals surface area contributed by atoms with Gasteiger partial charge in [-0.1, -0.05) is 48.5 Å². The molecule has 0 amide bonds. The first-order valence-corrected chi connectivity index (χ1v) is 12.2. The highest BCUT2D eigenvalue weighted by Crippen LogP contribution is 2.47. The average Bonchev–Trinajstić information content (AvgIpc) is 3.28. The summed E-state index contributed by atoms with van der Waals surface area (Å²) >= 11 is 0. The summed E-state index contributed by atoms with van der Waals surface area (Å²) in [6.45, 7) is 4.18. The second kappa shape index (κ2) is 8.27. The normalized spacial score (nSPS) is 14.2. The van der Waals surface area contributed by atoms with Crippen molar-refractivity contribution in [2.24, 2.45) is 14.1 Å². The summed E-state index contributed by atoms with van der Waals surface area (Å²) in [6.07, 6.45) is 0. The van der Waals surface area contributed by atoms with Crippen molar-refractivity contribution in [1.82, 2.24) is 13.7 Å². The minimum Gasteiger partial charge on any atom is -0.496 e. The van der Waals surface area contributed by atoms with Crippen LogP contribution in [0, 0.1) is 13.8 Å². The summed E-state index contributed by atoms with van der Waals surface area (Å²) < 4.78 is 10.7. The number of methoxy groups -OCH3 is 1. The smallest absolute Gasteiger partial charge is 0.331 e. The van der Waals surface area contributed by atoms with Crippen molar-refractivity contribution in [1.29, 1.82) is 0 Å². The van der Waals surface area contributed by atoms with E-state index in [0.29, 0.717) is 10.9 Å². The quantitative estimate of drug-likeness (QED) is 0.392. The second-order valence-corrected chi connectivity index (χ2v) is 9.64. The summed E-state index contributed by atoms with van der Waals surface area (Å²) in [7, 11) is 4.92. The number of aromatic nitrogens is 3. The molecule has 0 saturated heterocycles. The lowest BCUT2D eigenvalue weighted by Crippen LogP contribution is -2.37. The SMILES string of the molecule is COc1ccccc1[C@@H]1Nc2cc(C)c(C)cc2-n2c(-c3ccccc3)c3c(=O)n(C)c(=O)n(C)c3c21. The third-order valence-corrected chi connectivity index (χ3v) is 7.53. The minimum absolute atomic E-state index is 0.317. The van der Waals surface area contributed by atoms with Crippen LogP contribution < -0.4 is 21.3 Å². The fourth-order valence-electron chi connectivity index (χ4n) is 5.54. The van der Waals surface area contributed by atoms with Crippen LogP contribution in [0.4, 0.5) is 5.69 Å². The minimum atomic E-state index is -0.372. The zero-order chi connectivity index (χ0) is 26.0. The Morgan fingerprint density at radius 2 is 1.54 bits per heavy atom. The molecule has 0 bridgehead atoms. The predicted octanol–water partition coefficient (Wildman–Crippen LogP) is 4.84. The van der Waals surface area contributed by atoms with E-state index in [4.69, 9.17) is 4.74 Å². The lowest BCUT2D eigenvalue weighted by atomic mass is 9.97. The van der Waals surface area contributed by atoms with Crippen molar-refractivity contribution in [3.8, 4) is 22.7 Å². The summed E-state index contributed by atoms with van der Waals surface area (Å²) in [6, 6.07) is 21.7. The molecule has 3 heterocycles. The van der Waals surface area contributed by atoms with E-state index in [-0.39, 0.29) is 17.3 Å². The molecule has 1 N–H and O–H groups in total. The van der Waals surface area contributed by atoms with Gasteiger partial charge >= 0.3 is 5.69 Å². The van der Waals surface area contributed by atoms with Gasteiger partial charge in [-0.25, -0.2) is 4.79 Å². The van der Waals surface area contributed by atoms with E-state index in [2.05, 4.69) is 35.9 Å². The third kappa shape index (κ3) is 3.20. The number of hydrogen-bond donors (Lipinski definition) is 1. The molecular weight excluding hydrogens is 464 g/mol. The zero-order valence-corrected chi connectivity index (χ0v) is 21.5. The van der Waals surface area contributed by atoms with Gasteiger partial charge in [0.1, 0.15) is 5.75 Å². The van der Waals surface area contributed by atoms with Crippen molar-refractivity contribution in [2.45, 2.75) is 19.9 Å². The molecule has 1 aliphatic heterocycles. The van der Waals surface area contributed by atoms with Crippen LogP contribution in [0.2, 0.25) is 0 Å². The summed E-state index contributed by atoms with van der Waals surface area (Å²) in [5.41, 5.74) is 7.54. The molecule has 0 radical (unpaired) electrons. The van der Waals surface area contributed by atoms with E-state index < -0.39 is 0 Å². The average molecular weight is 493 g/mol. The number of rotatable bonds is 3. The van der Waals surface area contributed by atoms with Gasteiger partial charge in [-0.2, -0.15) is 0 Å². The van der Waals surface area contributed by atoms with Crippen LogP contribution in [0.25, 0.3) is 27.8 Å². The van der Waals surface area contributed by atoms with Gasteiger partial charge in [-0.05, 0) is 48.7 Å². The standard InChI is InChI=1S/C30H28N4O3/c1-17-15-21-22(16-18(17)2)34-26(19-11-7-6-8-12-19)24-27(32(3)30(36)33(4)29(24)35)28(34)25(31-21)20-13-9-10-14-23(20)37-5/h6-16,25,31H,1-5H3/t25-/m0/s1. The summed E-state index contributed by atoms with van der Waals surface area (Å²) in [4.78, 5) is 27.0. The molecule has 1 aliphatic rings. The topological polar surface area (TPSA) is 70.2 Å². The van der Waals surface area contributed by atoms with Crippen molar-refractivity contribution in [2.75, 3.05) is 12.4 Å². The number of nitrogens with one attached hydrogen (secondary N) is 1. The molecule has 0 aliphatic carbocycles. The van der Waals surface area contributed by atoms with Gasteiger partial charge in [0.2, 0.25) is 0 Å². The molecule has 5 aromatic rings. The predicted molar refractivity (Wildman–Crippen MR) is 147 cm³/mol. The number of nitrogens with zero attached hydrogens (tertiary/aromatic N) is 3. The Balaban J connectivity index is 1.89. The Labute approximate surface area is 214 Å². The van der Waals surface area contributed by atoms with E-state index in [9.17, 15) is 9.59 Å². The van der Waals surface area contributed by atoms with Crippen LogP contribution in [0.15, 0.2) is 76.3 Å². The maximum atomic E-state index is 13.8. The Bertz CT molecular complexity index is 1830. The van der Waals surface area contributed by atoms with Crippen LogP contribution in [-0.4, -0.2) is 20.8 Å². The number of fused-ring (bicyclic) bond motifs is 5. The largest absolute Gasteiger partial charge is 0.496 e. The second-order valence-electron chi connectivity index (χ2n) is 9.64. The molecule has 186 valence electrons. The number of hydrogen-bond acceptors (Lipinski definition) is 4. The number of anilines is 1. The van der Waals surface area contributed by atoms with Crippen LogP contribution in [0.5, 0.6) is 5.75 Å². The monoisotopic (exact) mass is 492 g/mol. The lowest BCUT2D eigenvalue weighted by Gasteiger charge is -2.32. The van der Waals surface area contributed by atoms with Gasteiger partial charge in [0.25, 0.3) is 5.56 Å². The van der Waals surface area contributed by atoms with Gasteiger partial charge in [0.05, 0.1) is 46.8 Å². The molecule has 3 aromatic carbocycles. The van der Waals surface area contributed by atoms with Gasteiger partial charge in [-0.3, -0.25) is 13.9 Å². The highest BCUT2D eigenvalue weighted by molar-refractivity contribution is 5.99. The highest BCUT2D eigenvalue weighted by Gasteiger charge is 2.36. The highest BCUT2D eigenvalue weighted by atomic mass is 16.5. The molecule has 37 heavy (non-hydrogen) atoms. The first kappa shape index (κ1) is 22.9. The Morgan fingerprint density at radius 1 is 0.865 bits per heavy atom. The molecule has 0 unspecified atom stereocenters. The van der Waals surface area contributed by atoms with Crippen LogP contribution in [-0.2, 0) is 14.1 Å². The van der Waals surface area contributed by atoms with E-state index in [1.807, 2.05) is 54.6 Å². The summed E-state index contributed by atoms with van der Waals surface area (Å²) in [5.74, 6) is 0.725. The summed E-state index contributed by atoms with van der Waals surface area (Å²) in [5, 5.41) is 4.24. The number of para-hydroxylation sites is 1. The lowest BCUT2D eigenvalue weighted by molar-refractivity contribution is 0.408. The Hall–Kier alpha value is -4.52. The maximum Gasteiger partial charge on any atom is 0.331 e. The number of ether oxygens (including phenoxy) is 1. The first-order chi connectivity index (χ1) is 17.8. The number of aryl methyl sites for hydroxylation is 3. The molecule has 0 fully saturated rings. The third-order valence-electron chi connectivity index (χ3n) is 7.53. The molecule has 0 saturated carbocycles. The number of benzene rings is 3. The van der Waals surface area contributed by atoms with Gasteiger partial charge in [0.15, 0.2) is 0 Å². The van der Waals surface area contributed by atoms with E-state index in [1.54, 1.807) is 18.7 Å². The molecular formula is C30H28N4O3. The molecule has 2 aromatic heterocycles. The van der Waals surface area contributed by atoms with E-state index >= 15 is 0 Å². The first-order valence-electron chi connectivity index (χ1n) is 12.2. The molecule has 6 rings (SSSR count). The van der Waals surface area contributed by atoms with Crippen molar-refractivity contribution < 1.29 is 4.74 Å². The van der Waals surface area contributed by atoms with Gasteiger partial charge in [0, 0.05) is 19.7 Å². The fourth-order valence-corrected chi connectivity index (χ4v) is 5.54. The zero-order valence-electron chi connectivity index (χ0n) is 21.5.